The first-order valence-electron chi connectivity index (χ1n) is 4.64. The summed E-state index contributed by atoms with van der Waals surface area (Å²) in [6.07, 6.45) is -1.71. The lowest BCUT2D eigenvalue weighted by atomic mass is 9.98. The van der Waals surface area contributed by atoms with Gasteiger partial charge in [-0.15, -0.1) is 0 Å². The van der Waals surface area contributed by atoms with Crippen molar-refractivity contribution < 1.29 is 24.9 Å². The largest absolute Gasteiger partial charge is 0.508 e. The maximum Gasteiger partial charge on any atom is 0.337 e. The van der Waals surface area contributed by atoms with Crippen LogP contribution in [0.15, 0.2) is 18.2 Å². The van der Waals surface area contributed by atoms with Gasteiger partial charge in [0.2, 0.25) is 0 Å². The summed E-state index contributed by atoms with van der Waals surface area (Å²) in [5.41, 5.74) is 0.447. The van der Waals surface area contributed by atoms with E-state index in [1.807, 2.05) is 0 Å². The molecule has 5 nitrogen and oxygen atoms in total. The SMILES string of the molecule is CC(=O)Cc1cc(O)ccc1C(O)C(=O)O. The van der Waals surface area contributed by atoms with Crippen molar-refractivity contribution >= 4 is 11.8 Å². The van der Waals surface area contributed by atoms with Gasteiger partial charge in [-0.3, -0.25) is 4.79 Å². The number of benzene rings is 1. The molecule has 3 N–H and O–H groups in total. The molecule has 5 heteroatoms. The molecule has 1 aromatic carbocycles. The maximum absolute atomic E-state index is 11.0. The Bertz CT molecular complexity index is 424. The predicted molar refractivity (Wildman–Crippen MR) is 55.1 cm³/mol. The standard InChI is InChI=1S/C11H12O5/c1-6(12)4-7-5-8(13)2-3-9(7)10(14)11(15)16/h2-3,5,10,13-14H,4H2,1H3,(H,15,16). The number of rotatable bonds is 4. The number of hydrogen-bond acceptors (Lipinski definition) is 4. The molecule has 0 saturated heterocycles. The first-order valence-corrected chi connectivity index (χ1v) is 4.64. The van der Waals surface area contributed by atoms with Gasteiger partial charge in [0.1, 0.15) is 11.5 Å². The zero-order valence-electron chi connectivity index (χ0n) is 8.67. The fraction of sp³-hybridized carbons (Fsp3) is 0.273. The summed E-state index contributed by atoms with van der Waals surface area (Å²) in [6.45, 7) is 1.35. The molecular weight excluding hydrogens is 212 g/mol. The highest BCUT2D eigenvalue weighted by atomic mass is 16.4. The number of phenolic OH excluding ortho intramolecular Hbond substituents is 1. The van der Waals surface area contributed by atoms with E-state index in [0.29, 0.717) is 5.56 Å². The Kier molecular flexibility index (Phi) is 3.63. The molecule has 0 aliphatic carbocycles. The first kappa shape index (κ1) is 12.2. The third-order valence-corrected chi connectivity index (χ3v) is 2.09. The highest BCUT2D eigenvalue weighted by Crippen LogP contribution is 2.23. The van der Waals surface area contributed by atoms with E-state index < -0.39 is 12.1 Å². The topological polar surface area (TPSA) is 94.8 Å². The third kappa shape index (κ3) is 2.80. The number of carbonyl (C=O) groups is 2. The molecule has 0 heterocycles. The van der Waals surface area contributed by atoms with Crippen LogP contribution >= 0.6 is 0 Å². The van der Waals surface area contributed by atoms with Crippen LogP contribution in [0, 0.1) is 0 Å². The number of aliphatic hydroxyl groups excluding tert-OH is 1. The highest BCUT2D eigenvalue weighted by molar-refractivity contribution is 5.80. The molecule has 0 aliphatic rings. The molecule has 0 spiro atoms. The fourth-order valence-electron chi connectivity index (χ4n) is 1.41. The number of hydrogen-bond donors (Lipinski definition) is 3. The van der Waals surface area contributed by atoms with E-state index in [-0.39, 0.29) is 23.5 Å². The molecule has 86 valence electrons. The molecule has 0 radical (unpaired) electrons. The number of carbonyl (C=O) groups excluding carboxylic acids is 1. The van der Waals surface area contributed by atoms with Crippen molar-refractivity contribution in [2.45, 2.75) is 19.4 Å². The summed E-state index contributed by atoms with van der Waals surface area (Å²) in [4.78, 5) is 21.6. The van der Waals surface area contributed by atoms with Gasteiger partial charge in [-0.05, 0) is 30.2 Å². The van der Waals surface area contributed by atoms with Crippen molar-refractivity contribution in [1.82, 2.24) is 0 Å². The second kappa shape index (κ2) is 4.76. The van der Waals surface area contributed by atoms with Gasteiger partial charge in [-0.2, -0.15) is 0 Å². The van der Waals surface area contributed by atoms with Gasteiger partial charge in [0.25, 0.3) is 0 Å². The highest BCUT2D eigenvalue weighted by Gasteiger charge is 2.20. The van der Waals surface area contributed by atoms with Crippen LogP contribution in [0.2, 0.25) is 0 Å². The lowest BCUT2D eigenvalue weighted by Crippen LogP contribution is -2.13. The molecule has 0 aromatic heterocycles. The number of carboxylic acid groups (broad SMARTS) is 1. The van der Waals surface area contributed by atoms with E-state index >= 15 is 0 Å². The van der Waals surface area contributed by atoms with Gasteiger partial charge < -0.3 is 15.3 Å². The smallest absolute Gasteiger partial charge is 0.337 e. The second-order valence-electron chi connectivity index (χ2n) is 3.50. The Morgan fingerprint density at radius 3 is 2.50 bits per heavy atom. The van der Waals surface area contributed by atoms with Crippen LogP contribution < -0.4 is 0 Å². The minimum atomic E-state index is -1.69. The molecule has 0 saturated carbocycles. The molecule has 1 rings (SSSR count). The Morgan fingerprint density at radius 1 is 1.38 bits per heavy atom. The number of carboxylic acids is 1. The van der Waals surface area contributed by atoms with Crippen LogP contribution in [-0.2, 0) is 16.0 Å². The van der Waals surface area contributed by atoms with Gasteiger partial charge in [0.05, 0.1) is 0 Å². The Morgan fingerprint density at radius 2 is 2.00 bits per heavy atom. The average molecular weight is 224 g/mol. The number of aromatic hydroxyl groups is 1. The zero-order chi connectivity index (χ0) is 12.3. The zero-order valence-corrected chi connectivity index (χ0v) is 8.67. The molecule has 0 fully saturated rings. The van der Waals surface area contributed by atoms with Crippen LogP contribution in [-0.4, -0.2) is 27.1 Å². The van der Waals surface area contributed by atoms with Crippen molar-refractivity contribution in [3.05, 3.63) is 29.3 Å². The molecule has 0 amide bonds. The molecule has 1 aromatic rings. The summed E-state index contributed by atoms with van der Waals surface area (Å²) in [5.74, 6) is -1.64. The lowest BCUT2D eigenvalue weighted by Gasteiger charge is -2.11. The Labute approximate surface area is 92.0 Å². The van der Waals surface area contributed by atoms with E-state index in [0.717, 1.165) is 0 Å². The summed E-state index contributed by atoms with van der Waals surface area (Å²) < 4.78 is 0. The number of Topliss-reactive ketones (excluding diaryl/α,β-unsaturated/α-hetero) is 1. The van der Waals surface area contributed by atoms with E-state index in [1.165, 1.54) is 25.1 Å². The monoisotopic (exact) mass is 224 g/mol. The van der Waals surface area contributed by atoms with Crippen LogP contribution in [0.1, 0.15) is 24.2 Å². The summed E-state index contributed by atoms with van der Waals surface area (Å²) in [7, 11) is 0. The van der Waals surface area contributed by atoms with Crippen LogP contribution in [0.3, 0.4) is 0 Å². The van der Waals surface area contributed by atoms with Gasteiger partial charge >= 0.3 is 5.97 Å². The van der Waals surface area contributed by atoms with E-state index in [2.05, 4.69) is 0 Å². The lowest BCUT2D eigenvalue weighted by molar-refractivity contribution is -0.147. The number of aliphatic carboxylic acids is 1. The first-order chi connectivity index (χ1) is 7.41. The minimum absolute atomic E-state index is 0.0198. The molecule has 0 bridgehead atoms. The van der Waals surface area contributed by atoms with Gasteiger partial charge in [-0.1, -0.05) is 6.07 Å². The summed E-state index contributed by atoms with van der Waals surface area (Å²) in [5, 5.41) is 27.3. The van der Waals surface area contributed by atoms with Gasteiger partial charge in [0.15, 0.2) is 6.10 Å². The van der Waals surface area contributed by atoms with Crippen LogP contribution in [0.5, 0.6) is 5.75 Å². The van der Waals surface area contributed by atoms with Crippen molar-refractivity contribution in [3.8, 4) is 5.75 Å². The summed E-state index contributed by atoms with van der Waals surface area (Å²) in [6, 6.07) is 3.85. The molecule has 16 heavy (non-hydrogen) atoms. The second-order valence-corrected chi connectivity index (χ2v) is 3.50. The third-order valence-electron chi connectivity index (χ3n) is 2.09. The fourth-order valence-corrected chi connectivity index (χ4v) is 1.41. The minimum Gasteiger partial charge on any atom is -0.508 e. The van der Waals surface area contributed by atoms with Crippen molar-refractivity contribution in [1.29, 1.82) is 0 Å². The van der Waals surface area contributed by atoms with Crippen LogP contribution in [0.4, 0.5) is 0 Å². The Hall–Kier alpha value is -1.88. The van der Waals surface area contributed by atoms with Gasteiger partial charge in [-0.25, -0.2) is 4.79 Å². The van der Waals surface area contributed by atoms with Crippen molar-refractivity contribution in [2.24, 2.45) is 0 Å². The summed E-state index contributed by atoms with van der Waals surface area (Å²) >= 11 is 0. The van der Waals surface area contributed by atoms with Crippen molar-refractivity contribution in [2.75, 3.05) is 0 Å². The molecule has 0 aliphatic heterocycles. The van der Waals surface area contributed by atoms with Gasteiger partial charge in [0, 0.05) is 6.42 Å². The quantitative estimate of drug-likeness (QED) is 0.697. The predicted octanol–water partition coefficient (Wildman–Crippen LogP) is 0.642. The molecular formula is C11H12O5. The van der Waals surface area contributed by atoms with E-state index in [9.17, 15) is 19.8 Å². The Balaban J connectivity index is 3.16. The number of phenols is 1. The normalized spacial score (nSPS) is 12.1. The maximum atomic E-state index is 11.0. The molecule has 1 unspecified atom stereocenters. The number of ketones is 1. The van der Waals surface area contributed by atoms with Crippen LogP contribution in [0.25, 0.3) is 0 Å². The molecule has 1 atom stereocenters. The van der Waals surface area contributed by atoms with E-state index in [4.69, 9.17) is 5.11 Å². The van der Waals surface area contributed by atoms with Crippen molar-refractivity contribution in [3.63, 3.8) is 0 Å². The average Bonchev–Trinajstić information content (AvgIpc) is 2.15. The number of aliphatic hydroxyl groups is 1. The van der Waals surface area contributed by atoms with E-state index in [1.54, 1.807) is 0 Å².